The summed E-state index contributed by atoms with van der Waals surface area (Å²) in [5, 5.41) is 11.1. The molecule has 5 rings (SSSR count). The molecule has 128 valence electrons. The van der Waals surface area contributed by atoms with Gasteiger partial charge in [0.25, 0.3) is 0 Å². The third-order valence-corrected chi connectivity index (χ3v) is 7.01. The number of fused-ring (bicyclic) bond motifs is 3. The third kappa shape index (κ3) is 1.71. The lowest BCUT2D eigenvalue weighted by Gasteiger charge is -2.60. The molecule has 0 bridgehead atoms. The minimum absolute atomic E-state index is 0.115. The Bertz CT molecular complexity index is 703. The van der Waals surface area contributed by atoms with Crippen molar-refractivity contribution in [3.63, 3.8) is 0 Å². The SMILES string of the molecule is CCC12C=CCN3CCC4c5ccc(OC)cc5N(C(O)C1)C4C32. The van der Waals surface area contributed by atoms with E-state index in [9.17, 15) is 5.11 Å². The van der Waals surface area contributed by atoms with Crippen LogP contribution in [0.2, 0.25) is 0 Å². The summed E-state index contributed by atoms with van der Waals surface area (Å²) in [5.41, 5.74) is 2.71. The molecule has 2 fully saturated rings. The van der Waals surface area contributed by atoms with Crippen LogP contribution < -0.4 is 9.64 Å². The summed E-state index contributed by atoms with van der Waals surface area (Å²) in [5.74, 6) is 1.41. The van der Waals surface area contributed by atoms with Crippen LogP contribution in [-0.4, -0.2) is 48.5 Å². The molecular formula is C20H26N2O2. The molecule has 0 radical (unpaired) electrons. The first-order valence-corrected chi connectivity index (χ1v) is 9.24. The first-order valence-electron chi connectivity index (χ1n) is 9.24. The van der Waals surface area contributed by atoms with Crippen LogP contribution in [0.4, 0.5) is 5.69 Å². The lowest BCUT2D eigenvalue weighted by molar-refractivity contribution is -0.0422. The zero-order valence-corrected chi connectivity index (χ0v) is 14.5. The Morgan fingerprint density at radius 2 is 2.25 bits per heavy atom. The molecule has 0 spiro atoms. The molecule has 1 aromatic rings. The van der Waals surface area contributed by atoms with Crippen LogP contribution in [0.15, 0.2) is 30.4 Å². The van der Waals surface area contributed by atoms with Gasteiger partial charge in [-0.1, -0.05) is 25.1 Å². The zero-order chi connectivity index (χ0) is 16.5. The molecule has 4 aliphatic rings. The minimum Gasteiger partial charge on any atom is -0.497 e. The second kappa shape index (κ2) is 4.99. The van der Waals surface area contributed by atoms with Gasteiger partial charge in [0, 0.05) is 42.1 Å². The number of rotatable bonds is 2. The lowest BCUT2D eigenvalue weighted by Crippen LogP contribution is -2.69. The molecule has 0 amide bonds. The molecule has 4 nitrogen and oxygen atoms in total. The van der Waals surface area contributed by atoms with E-state index in [0.29, 0.717) is 18.0 Å². The highest BCUT2D eigenvalue weighted by molar-refractivity contribution is 5.66. The maximum Gasteiger partial charge on any atom is 0.128 e. The van der Waals surface area contributed by atoms with Gasteiger partial charge in [0.15, 0.2) is 0 Å². The van der Waals surface area contributed by atoms with Crippen LogP contribution in [-0.2, 0) is 0 Å². The molecule has 2 saturated heterocycles. The largest absolute Gasteiger partial charge is 0.497 e. The maximum absolute atomic E-state index is 11.1. The Labute approximate surface area is 143 Å². The van der Waals surface area contributed by atoms with Gasteiger partial charge in [0.05, 0.1) is 13.2 Å². The molecule has 5 atom stereocenters. The van der Waals surface area contributed by atoms with Crippen molar-refractivity contribution in [2.24, 2.45) is 5.41 Å². The smallest absolute Gasteiger partial charge is 0.128 e. The van der Waals surface area contributed by atoms with Gasteiger partial charge in [-0.15, -0.1) is 0 Å². The highest BCUT2D eigenvalue weighted by atomic mass is 16.5. The number of anilines is 1. The van der Waals surface area contributed by atoms with Gasteiger partial charge >= 0.3 is 0 Å². The van der Waals surface area contributed by atoms with Crippen LogP contribution in [0.5, 0.6) is 5.75 Å². The first kappa shape index (κ1) is 14.8. The van der Waals surface area contributed by atoms with Crippen molar-refractivity contribution >= 4 is 5.69 Å². The molecule has 5 unspecified atom stereocenters. The number of benzene rings is 1. The minimum atomic E-state index is -0.412. The summed E-state index contributed by atoms with van der Waals surface area (Å²) in [6.45, 7) is 4.50. The summed E-state index contributed by atoms with van der Waals surface area (Å²) in [6, 6.07) is 7.32. The van der Waals surface area contributed by atoms with Gasteiger partial charge in [-0.05, 0) is 31.0 Å². The Kier molecular flexibility index (Phi) is 3.08. The molecule has 0 saturated carbocycles. The number of ether oxygens (including phenoxy) is 1. The summed E-state index contributed by atoms with van der Waals surface area (Å²) in [4.78, 5) is 4.97. The molecule has 1 aromatic carbocycles. The second-order valence-electron chi connectivity index (χ2n) is 7.83. The normalized spacial score (nSPS) is 39.5. The number of aliphatic hydroxyl groups excluding tert-OH is 1. The fourth-order valence-corrected chi connectivity index (χ4v) is 5.97. The molecule has 4 heterocycles. The van der Waals surface area contributed by atoms with E-state index in [-0.39, 0.29) is 5.41 Å². The van der Waals surface area contributed by atoms with Crippen molar-refractivity contribution in [3.05, 3.63) is 35.9 Å². The van der Waals surface area contributed by atoms with E-state index in [1.54, 1.807) is 7.11 Å². The fourth-order valence-electron chi connectivity index (χ4n) is 5.97. The van der Waals surface area contributed by atoms with Gasteiger partial charge in [-0.3, -0.25) is 4.90 Å². The third-order valence-electron chi connectivity index (χ3n) is 7.01. The Hall–Kier alpha value is -1.52. The molecule has 0 aliphatic carbocycles. The first-order chi connectivity index (χ1) is 11.7. The van der Waals surface area contributed by atoms with Gasteiger partial charge in [0.2, 0.25) is 0 Å². The molecule has 4 heteroatoms. The standard InChI is InChI=1S/C20H26N2O2/c1-3-20-8-4-9-21-10-7-15-14-6-5-13(24-2)11-16(14)22(17(23)12-20)18(15)19(20)21/h4-6,8,11,15,17-19,23H,3,7,9-10,12H2,1-2H3. The number of hydrogen-bond donors (Lipinski definition) is 1. The maximum atomic E-state index is 11.1. The van der Waals surface area contributed by atoms with Crippen LogP contribution in [0.25, 0.3) is 0 Å². The number of methoxy groups -OCH3 is 1. The Balaban J connectivity index is 1.67. The molecule has 24 heavy (non-hydrogen) atoms. The number of hydrogen-bond acceptors (Lipinski definition) is 4. The number of piperidine rings is 2. The van der Waals surface area contributed by atoms with Crippen LogP contribution in [0, 0.1) is 5.41 Å². The van der Waals surface area contributed by atoms with Crippen molar-refractivity contribution in [3.8, 4) is 5.75 Å². The highest BCUT2D eigenvalue weighted by Gasteiger charge is 2.60. The Morgan fingerprint density at radius 1 is 1.38 bits per heavy atom. The van der Waals surface area contributed by atoms with Crippen LogP contribution >= 0.6 is 0 Å². The summed E-state index contributed by atoms with van der Waals surface area (Å²) in [7, 11) is 1.71. The molecule has 0 aromatic heterocycles. The van der Waals surface area contributed by atoms with Gasteiger partial charge < -0.3 is 14.7 Å². The van der Waals surface area contributed by atoms with E-state index in [0.717, 1.165) is 31.7 Å². The average molecular weight is 326 g/mol. The van der Waals surface area contributed by atoms with E-state index >= 15 is 0 Å². The van der Waals surface area contributed by atoms with E-state index < -0.39 is 6.23 Å². The van der Waals surface area contributed by atoms with Crippen molar-refractivity contribution < 1.29 is 9.84 Å². The predicted octanol–water partition coefficient (Wildman–Crippen LogP) is 2.73. The van der Waals surface area contributed by atoms with Crippen molar-refractivity contribution in [2.75, 3.05) is 25.1 Å². The van der Waals surface area contributed by atoms with Crippen LogP contribution in [0.3, 0.4) is 0 Å². The molecule has 1 N–H and O–H groups in total. The topological polar surface area (TPSA) is 35.9 Å². The van der Waals surface area contributed by atoms with E-state index in [1.165, 1.54) is 17.7 Å². The van der Waals surface area contributed by atoms with E-state index in [1.807, 2.05) is 0 Å². The van der Waals surface area contributed by atoms with Crippen molar-refractivity contribution in [1.82, 2.24) is 4.90 Å². The van der Waals surface area contributed by atoms with Crippen LogP contribution in [0.1, 0.15) is 37.7 Å². The molecule has 4 aliphatic heterocycles. The quantitative estimate of drug-likeness (QED) is 0.848. The van der Waals surface area contributed by atoms with E-state index in [4.69, 9.17) is 4.74 Å². The van der Waals surface area contributed by atoms with Crippen molar-refractivity contribution in [2.45, 2.75) is 50.4 Å². The van der Waals surface area contributed by atoms with E-state index in [2.05, 4.69) is 47.1 Å². The van der Waals surface area contributed by atoms with Gasteiger partial charge in [0.1, 0.15) is 12.0 Å². The van der Waals surface area contributed by atoms with Crippen molar-refractivity contribution in [1.29, 1.82) is 0 Å². The summed E-state index contributed by atoms with van der Waals surface area (Å²) >= 11 is 0. The summed E-state index contributed by atoms with van der Waals surface area (Å²) in [6.07, 6.45) is 7.43. The van der Waals surface area contributed by atoms with Gasteiger partial charge in [-0.2, -0.15) is 0 Å². The number of nitrogens with zero attached hydrogens (tertiary/aromatic N) is 2. The zero-order valence-electron chi connectivity index (χ0n) is 14.5. The average Bonchev–Trinajstić information content (AvgIpc) is 2.95. The number of aliphatic hydroxyl groups is 1. The Morgan fingerprint density at radius 3 is 3.04 bits per heavy atom. The lowest BCUT2D eigenvalue weighted by atomic mass is 9.63. The second-order valence-corrected chi connectivity index (χ2v) is 7.83. The van der Waals surface area contributed by atoms with Gasteiger partial charge in [-0.25, -0.2) is 0 Å². The molecular weight excluding hydrogens is 300 g/mol. The predicted molar refractivity (Wildman–Crippen MR) is 94.5 cm³/mol. The highest BCUT2D eigenvalue weighted by Crippen LogP contribution is 2.58. The monoisotopic (exact) mass is 326 g/mol. The summed E-state index contributed by atoms with van der Waals surface area (Å²) < 4.78 is 5.45. The fraction of sp³-hybridized carbons (Fsp3) is 0.600.